The molecule has 0 saturated carbocycles. The van der Waals surface area contributed by atoms with E-state index in [1.54, 1.807) is 12.1 Å². The molecule has 0 unspecified atom stereocenters. The molecule has 0 N–H and O–H groups in total. The maximum Gasteiger partial charge on any atom is 0.429 e. The van der Waals surface area contributed by atoms with E-state index in [1.807, 2.05) is 13.8 Å². The summed E-state index contributed by atoms with van der Waals surface area (Å²) in [6, 6.07) is 9.83. The van der Waals surface area contributed by atoms with Crippen LogP contribution in [0.5, 0.6) is 17.2 Å². The predicted molar refractivity (Wildman–Crippen MR) is 115 cm³/mol. The minimum Gasteiger partial charge on any atom is -0.450 e. The predicted octanol–water partition coefficient (Wildman–Crippen LogP) is 7.83. The fraction of sp³-hybridized carbons (Fsp3) is 0.308. The lowest BCUT2D eigenvalue weighted by Gasteiger charge is -2.25. The van der Waals surface area contributed by atoms with Crippen molar-refractivity contribution in [1.82, 2.24) is 0 Å². The van der Waals surface area contributed by atoms with Gasteiger partial charge in [0.15, 0.2) is 23.1 Å². The van der Waals surface area contributed by atoms with E-state index in [2.05, 4.69) is 0 Å². The van der Waals surface area contributed by atoms with Gasteiger partial charge in [-0.1, -0.05) is 44.9 Å². The van der Waals surface area contributed by atoms with E-state index >= 15 is 4.39 Å². The molecular formula is C26H23F5O2. The number of alkyl halides is 2. The topological polar surface area (TPSA) is 18.5 Å². The van der Waals surface area contributed by atoms with Crippen molar-refractivity contribution in [3.05, 3.63) is 87.7 Å². The number of benzene rings is 3. The molecule has 0 aliphatic carbocycles. The summed E-state index contributed by atoms with van der Waals surface area (Å²) in [5.41, 5.74) is 0.717. The van der Waals surface area contributed by atoms with Crippen molar-refractivity contribution in [1.29, 1.82) is 0 Å². The molecule has 4 rings (SSSR count). The zero-order valence-corrected chi connectivity index (χ0v) is 18.3. The maximum atomic E-state index is 15.1. The number of fused-ring (bicyclic) bond motifs is 2. The van der Waals surface area contributed by atoms with Crippen molar-refractivity contribution in [2.45, 2.75) is 52.1 Å². The van der Waals surface area contributed by atoms with E-state index in [9.17, 15) is 17.6 Å². The first-order chi connectivity index (χ1) is 15.7. The summed E-state index contributed by atoms with van der Waals surface area (Å²) in [7, 11) is 0. The largest absolute Gasteiger partial charge is 0.450 e. The van der Waals surface area contributed by atoms with Crippen molar-refractivity contribution in [3.63, 3.8) is 0 Å². The van der Waals surface area contributed by atoms with Crippen LogP contribution in [-0.2, 0) is 25.4 Å². The number of halogens is 5. The Morgan fingerprint density at radius 3 is 2.15 bits per heavy atom. The third kappa shape index (κ3) is 4.41. The van der Waals surface area contributed by atoms with Gasteiger partial charge in [0.2, 0.25) is 5.82 Å². The standard InChI is InChI=1S/C26H23F5O2/c1-3-5-15-7-10-19(11-8-15)33-26(30,31)20-12-9-17-14-18-13-16(6-4-2)21(27)23(29)25(18)32-24(17)22(20)28/h7-13H,3-6,14H2,1-2H3. The molecule has 3 aromatic rings. The summed E-state index contributed by atoms with van der Waals surface area (Å²) in [4.78, 5) is 0. The molecule has 2 nitrogen and oxygen atoms in total. The molecule has 1 aliphatic heterocycles. The molecule has 0 saturated heterocycles. The first kappa shape index (κ1) is 23.1. The molecule has 0 atom stereocenters. The van der Waals surface area contributed by atoms with Gasteiger partial charge in [-0.05, 0) is 48.2 Å². The molecule has 1 aliphatic rings. The van der Waals surface area contributed by atoms with E-state index < -0.39 is 40.6 Å². The molecule has 1 heterocycles. The van der Waals surface area contributed by atoms with Crippen LogP contribution in [0.25, 0.3) is 0 Å². The van der Waals surface area contributed by atoms with Crippen molar-refractivity contribution in [2.75, 3.05) is 0 Å². The Hall–Kier alpha value is -3.09. The fourth-order valence-corrected chi connectivity index (χ4v) is 4.01. The van der Waals surface area contributed by atoms with Gasteiger partial charge in [0.1, 0.15) is 11.3 Å². The van der Waals surface area contributed by atoms with Crippen LogP contribution in [0.15, 0.2) is 42.5 Å². The van der Waals surface area contributed by atoms with Gasteiger partial charge in [-0.25, -0.2) is 8.78 Å². The van der Waals surface area contributed by atoms with Crippen LogP contribution >= 0.6 is 0 Å². The smallest absolute Gasteiger partial charge is 0.429 e. The average molecular weight is 462 g/mol. The zero-order chi connectivity index (χ0) is 23.8. The molecule has 0 fully saturated rings. The van der Waals surface area contributed by atoms with Crippen LogP contribution in [0.1, 0.15) is 54.5 Å². The molecule has 0 amide bonds. The minimum atomic E-state index is -4.01. The summed E-state index contributed by atoms with van der Waals surface area (Å²) in [6.07, 6.45) is -1.33. The molecule has 0 spiro atoms. The highest BCUT2D eigenvalue weighted by atomic mass is 19.3. The zero-order valence-electron chi connectivity index (χ0n) is 18.3. The Labute approximate surface area is 189 Å². The second-order valence-electron chi connectivity index (χ2n) is 8.11. The van der Waals surface area contributed by atoms with Gasteiger partial charge in [0.25, 0.3) is 0 Å². The first-order valence-corrected chi connectivity index (χ1v) is 10.9. The molecule has 3 aromatic carbocycles. The third-order valence-electron chi connectivity index (χ3n) is 5.62. The molecular weight excluding hydrogens is 439 g/mol. The number of ether oxygens (including phenoxy) is 2. The van der Waals surface area contributed by atoms with Crippen LogP contribution < -0.4 is 9.47 Å². The highest BCUT2D eigenvalue weighted by Crippen LogP contribution is 2.45. The van der Waals surface area contributed by atoms with Gasteiger partial charge in [0.05, 0.1) is 0 Å². The second kappa shape index (κ2) is 9.04. The van der Waals surface area contributed by atoms with Gasteiger partial charge in [0, 0.05) is 17.5 Å². The van der Waals surface area contributed by atoms with Gasteiger partial charge in [-0.3, -0.25) is 0 Å². The Morgan fingerprint density at radius 1 is 0.818 bits per heavy atom. The molecule has 33 heavy (non-hydrogen) atoms. The van der Waals surface area contributed by atoms with Crippen LogP contribution in [-0.4, -0.2) is 0 Å². The molecule has 174 valence electrons. The van der Waals surface area contributed by atoms with Gasteiger partial charge in [-0.15, -0.1) is 0 Å². The highest BCUT2D eigenvalue weighted by molar-refractivity contribution is 5.54. The van der Waals surface area contributed by atoms with Crippen molar-refractivity contribution >= 4 is 0 Å². The van der Waals surface area contributed by atoms with E-state index in [0.717, 1.165) is 24.5 Å². The van der Waals surface area contributed by atoms with Gasteiger partial charge in [-0.2, -0.15) is 13.2 Å². The van der Waals surface area contributed by atoms with Crippen molar-refractivity contribution in [3.8, 4) is 17.2 Å². The summed E-state index contributed by atoms with van der Waals surface area (Å²) in [5.74, 6) is -4.85. The Morgan fingerprint density at radius 2 is 1.48 bits per heavy atom. The summed E-state index contributed by atoms with van der Waals surface area (Å²) in [5, 5.41) is 0. The number of hydrogen-bond acceptors (Lipinski definition) is 2. The molecule has 0 bridgehead atoms. The van der Waals surface area contributed by atoms with E-state index in [-0.39, 0.29) is 23.3 Å². The van der Waals surface area contributed by atoms with E-state index in [0.29, 0.717) is 18.4 Å². The number of hydrogen-bond donors (Lipinski definition) is 0. The second-order valence-corrected chi connectivity index (χ2v) is 8.11. The third-order valence-corrected chi connectivity index (χ3v) is 5.62. The van der Waals surface area contributed by atoms with Crippen LogP contribution in [0.4, 0.5) is 22.0 Å². The Balaban J connectivity index is 1.65. The molecule has 0 aromatic heterocycles. The van der Waals surface area contributed by atoms with Gasteiger partial charge >= 0.3 is 6.11 Å². The lowest BCUT2D eigenvalue weighted by atomic mass is 9.95. The summed E-state index contributed by atoms with van der Waals surface area (Å²) in [6.45, 7) is 3.84. The normalized spacial score (nSPS) is 12.7. The fourth-order valence-electron chi connectivity index (χ4n) is 4.01. The summed E-state index contributed by atoms with van der Waals surface area (Å²) < 4.78 is 83.9. The van der Waals surface area contributed by atoms with Gasteiger partial charge < -0.3 is 9.47 Å². The highest BCUT2D eigenvalue weighted by Gasteiger charge is 2.40. The minimum absolute atomic E-state index is 0.0289. The monoisotopic (exact) mass is 462 g/mol. The van der Waals surface area contributed by atoms with Crippen LogP contribution in [0.2, 0.25) is 0 Å². The SMILES string of the molecule is CCCc1ccc(OC(F)(F)c2ccc3c(c2F)Oc2c(cc(CCC)c(F)c2F)C3)cc1. The lowest BCUT2D eigenvalue weighted by Crippen LogP contribution is -2.24. The van der Waals surface area contributed by atoms with E-state index in [1.165, 1.54) is 24.3 Å². The van der Waals surface area contributed by atoms with E-state index in [4.69, 9.17) is 9.47 Å². The van der Waals surface area contributed by atoms with Crippen molar-refractivity contribution < 1.29 is 31.4 Å². The van der Waals surface area contributed by atoms with Crippen molar-refractivity contribution in [2.24, 2.45) is 0 Å². The first-order valence-electron chi connectivity index (χ1n) is 10.9. The summed E-state index contributed by atoms with van der Waals surface area (Å²) >= 11 is 0. The van der Waals surface area contributed by atoms with Crippen LogP contribution in [0.3, 0.4) is 0 Å². The van der Waals surface area contributed by atoms with Crippen LogP contribution in [0, 0.1) is 17.5 Å². The molecule has 0 radical (unpaired) electrons. The quantitative estimate of drug-likeness (QED) is 0.261. The Bertz CT molecular complexity index is 1170. The average Bonchev–Trinajstić information content (AvgIpc) is 2.78. The Kier molecular flexibility index (Phi) is 6.32. The number of aryl methyl sites for hydroxylation is 2. The number of rotatable bonds is 7. The maximum absolute atomic E-state index is 15.1. The lowest BCUT2D eigenvalue weighted by molar-refractivity contribution is -0.187. The molecule has 7 heteroatoms.